The molecule has 17 heavy (non-hydrogen) atoms. The van der Waals surface area contributed by atoms with E-state index >= 15 is 0 Å². The van der Waals surface area contributed by atoms with Crippen molar-refractivity contribution in [1.29, 1.82) is 0 Å². The molecule has 2 rings (SSSR count). The first-order valence-corrected chi connectivity index (χ1v) is 5.30. The maximum Gasteiger partial charge on any atom is 0.141 e. The van der Waals surface area contributed by atoms with Crippen molar-refractivity contribution < 1.29 is 10.2 Å². The molecule has 0 spiro atoms. The van der Waals surface area contributed by atoms with Gasteiger partial charge >= 0.3 is 0 Å². The van der Waals surface area contributed by atoms with Gasteiger partial charge < -0.3 is 10.2 Å². The molecule has 0 saturated heterocycles. The van der Waals surface area contributed by atoms with Crippen LogP contribution in [0.2, 0.25) is 0 Å². The molecule has 2 N–H and O–H groups in total. The van der Waals surface area contributed by atoms with E-state index in [9.17, 15) is 10.2 Å². The Labute approximate surface area is 99.7 Å². The minimum absolute atomic E-state index is 0.127. The van der Waals surface area contributed by atoms with E-state index in [-0.39, 0.29) is 11.5 Å². The maximum atomic E-state index is 9.68. The van der Waals surface area contributed by atoms with Crippen LogP contribution in [-0.4, -0.2) is 15.9 Å². The molecule has 3 nitrogen and oxygen atoms in total. The summed E-state index contributed by atoms with van der Waals surface area (Å²) < 4.78 is 0. The highest BCUT2D eigenvalue weighted by molar-refractivity contribution is 6.02. The molecule has 0 aliphatic carbocycles. The number of phenols is 2. The fourth-order valence-corrected chi connectivity index (χ4v) is 1.58. The van der Waals surface area contributed by atoms with Crippen molar-refractivity contribution in [2.75, 3.05) is 0 Å². The van der Waals surface area contributed by atoms with Crippen LogP contribution in [0.4, 0.5) is 5.69 Å². The Balaban J connectivity index is 2.42. The lowest BCUT2D eigenvalue weighted by Gasteiger charge is -2.04. The molecule has 0 amide bonds. The second-order valence-corrected chi connectivity index (χ2v) is 3.70. The molecule has 0 radical (unpaired) electrons. The van der Waals surface area contributed by atoms with E-state index in [2.05, 4.69) is 4.99 Å². The van der Waals surface area contributed by atoms with Crippen LogP contribution >= 0.6 is 0 Å². The van der Waals surface area contributed by atoms with Crippen LogP contribution in [-0.2, 0) is 0 Å². The Morgan fingerprint density at radius 2 is 1.47 bits per heavy atom. The average Bonchev–Trinajstić information content (AvgIpc) is 2.32. The smallest absolute Gasteiger partial charge is 0.141 e. The van der Waals surface area contributed by atoms with Crippen LogP contribution in [0.5, 0.6) is 11.5 Å². The van der Waals surface area contributed by atoms with Gasteiger partial charge in [-0.2, -0.15) is 0 Å². The van der Waals surface area contributed by atoms with Gasteiger partial charge in [0, 0.05) is 11.3 Å². The Morgan fingerprint density at radius 1 is 0.882 bits per heavy atom. The monoisotopic (exact) mass is 227 g/mol. The van der Waals surface area contributed by atoms with Crippen LogP contribution in [0.1, 0.15) is 12.5 Å². The summed E-state index contributed by atoms with van der Waals surface area (Å²) in [5.74, 6) is 0.312. The van der Waals surface area contributed by atoms with E-state index in [1.54, 1.807) is 49.4 Å². The number of para-hydroxylation sites is 3. The summed E-state index contributed by atoms with van der Waals surface area (Å²) in [5.41, 5.74) is 1.81. The molecule has 0 aliphatic rings. The zero-order chi connectivity index (χ0) is 12.3. The molecule has 2 aromatic carbocycles. The van der Waals surface area contributed by atoms with Gasteiger partial charge in [-0.25, -0.2) is 4.99 Å². The molecule has 0 bridgehead atoms. The summed E-state index contributed by atoms with van der Waals surface area (Å²) in [6, 6.07) is 13.8. The number of hydrogen-bond donors (Lipinski definition) is 2. The Morgan fingerprint density at radius 3 is 2.12 bits per heavy atom. The van der Waals surface area contributed by atoms with Crippen molar-refractivity contribution in [1.82, 2.24) is 0 Å². The molecule has 86 valence electrons. The fraction of sp³-hybridized carbons (Fsp3) is 0.0714. The molecule has 0 saturated carbocycles. The number of aliphatic imine (C=N–C) groups is 1. The number of nitrogens with zero attached hydrogens (tertiary/aromatic N) is 1. The minimum atomic E-state index is 0.127. The molecule has 0 aromatic heterocycles. The third-order valence-electron chi connectivity index (χ3n) is 2.46. The fourth-order valence-electron chi connectivity index (χ4n) is 1.58. The highest BCUT2D eigenvalue weighted by Gasteiger charge is 2.04. The molecule has 0 fully saturated rings. The third-order valence-corrected chi connectivity index (χ3v) is 2.46. The lowest BCUT2D eigenvalue weighted by atomic mass is 10.1. The predicted molar refractivity (Wildman–Crippen MR) is 68.1 cm³/mol. The lowest BCUT2D eigenvalue weighted by Crippen LogP contribution is -1.94. The number of rotatable bonds is 2. The SMILES string of the molecule is CC(=Nc1ccccc1O)c1ccccc1O. The molecule has 2 aromatic rings. The standard InChI is InChI=1S/C14H13NO2/c1-10(11-6-2-4-8-13(11)16)15-12-7-3-5-9-14(12)17/h2-9,16-17H,1H3. The van der Waals surface area contributed by atoms with Crippen LogP contribution in [0.3, 0.4) is 0 Å². The summed E-state index contributed by atoms with van der Waals surface area (Å²) in [6.07, 6.45) is 0. The van der Waals surface area contributed by atoms with Crippen molar-refractivity contribution in [2.24, 2.45) is 4.99 Å². The first-order valence-electron chi connectivity index (χ1n) is 5.30. The molecule has 0 aliphatic heterocycles. The highest BCUT2D eigenvalue weighted by Crippen LogP contribution is 2.27. The summed E-state index contributed by atoms with van der Waals surface area (Å²) in [5, 5.41) is 19.3. The van der Waals surface area contributed by atoms with Crippen molar-refractivity contribution in [3.05, 3.63) is 54.1 Å². The highest BCUT2D eigenvalue weighted by atomic mass is 16.3. The molecule has 0 atom stereocenters. The summed E-state index contributed by atoms with van der Waals surface area (Å²) in [7, 11) is 0. The maximum absolute atomic E-state index is 9.68. The first-order chi connectivity index (χ1) is 8.18. The quantitative estimate of drug-likeness (QED) is 0.774. The van der Waals surface area contributed by atoms with E-state index in [1.165, 1.54) is 0 Å². The zero-order valence-corrected chi connectivity index (χ0v) is 9.46. The third kappa shape index (κ3) is 2.45. The van der Waals surface area contributed by atoms with Gasteiger partial charge in [0.2, 0.25) is 0 Å². The van der Waals surface area contributed by atoms with Crippen molar-refractivity contribution in [3.8, 4) is 11.5 Å². The summed E-state index contributed by atoms with van der Waals surface area (Å²) >= 11 is 0. The second-order valence-electron chi connectivity index (χ2n) is 3.70. The minimum Gasteiger partial charge on any atom is -0.507 e. The number of benzene rings is 2. The van der Waals surface area contributed by atoms with Crippen LogP contribution < -0.4 is 0 Å². The lowest BCUT2D eigenvalue weighted by molar-refractivity contribution is 0.473. The first kappa shape index (κ1) is 11.2. The zero-order valence-electron chi connectivity index (χ0n) is 9.46. The van der Waals surface area contributed by atoms with Gasteiger partial charge in [-0.3, -0.25) is 0 Å². The van der Waals surface area contributed by atoms with Gasteiger partial charge in [0.15, 0.2) is 0 Å². The van der Waals surface area contributed by atoms with Crippen molar-refractivity contribution in [3.63, 3.8) is 0 Å². The van der Waals surface area contributed by atoms with Crippen molar-refractivity contribution >= 4 is 11.4 Å². The topological polar surface area (TPSA) is 52.8 Å². The van der Waals surface area contributed by atoms with Gasteiger partial charge in [-0.05, 0) is 31.2 Å². The number of phenolic OH excluding ortho intramolecular Hbond substituents is 2. The Hall–Kier alpha value is -2.29. The van der Waals surface area contributed by atoms with Gasteiger partial charge in [-0.15, -0.1) is 0 Å². The summed E-state index contributed by atoms with van der Waals surface area (Å²) in [6.45, 7) is 1.79. The average molecular weight is 227 g/mol. The van der Waals surface area contributed by atoms with Crippen LogP contribution in [0.25, 0.3) is 0 Å². The molecule has 0 unspecified atom stereocenters. The van der Waals surface area contributed by atoms with E-state index in [0.29, 0.717) is 17.0 Å². The summed E-state index contributed by atoms with van der Waals surface area (Å²) in [4.78, 5) is 4.30. The second kappa shape index (κ2) is 4.70. The Bertz CT molecular complexity index is 562. The van der Waals surface area contributed by atoms with E-state index < -0.39 is 0 Å². The number of aromatic hydroxyl groups is 2. The van der Waals surface area contributed by atoms with E-state index in [4.69, 9.17) is 0 Å². The largest absolute Gasteiger partial charge is 0.507 e. The van der Waals surface area contributed by atoms with Gasteiger partial charge in [0.25, 0.3) is 0 Å². The molecular weight excluding hydrogens is 214 g/mol. The van der Waals surface area contributed by atoms with E-state index in [0.717, 1.165) is 0 Å². The number of hydrogen-bond acceptors (Lipinski definition) is 3. The molecular formula is C14H13NO2. The molecule has 0 heterocycles. The van der Waals surface area contributed by atoms with Crippen LogP contribution in [0, 0.1) is 0 Å². The van der Waals surface area contributed by atoms with Gasteiger partial charge in [0.1, 0.15) is 17.2 Å². The normalized spacial score (nSPS) is 11.5. The Kier molecular flexibility index (Phi) is 3.10. The predicted octanol–water partition coefficient (Wildman–Crippen LogP) is 3.24. The van der Waals surface area contributed by atoms with Gasteiger partial charge in [0.05, 0.1) is 0 Å². The van der Waals surface area contributed by atoms with Crippen LogP contribution in [0.15, 0.2) is 53.5 Å². The van der Waals surface area contributed by atoms with E-state index in [1.807, 2.05) is 6.07 Å². The van der Waals surface area contributed by atoms with Gasteiger partial charge in [-0.1, -0.05) is 24.3 Å². The molecule has 3 heteroatoms. The van der Waals surface area contributed by atoms with Crippen molar-refractivity contribution in [2.45, 2.75) is 6.92 Å².